The third-order valence-electron chi connectivity index (χ3n) is 2.42. The van der Waals surface area contributed by atoms with Crippen LogP contribution in [-0.4, -0.2) is 0 Å². The number of nitrogens with one attached hydrogen (secondary N) is 1. The molecule has 0 radical (unpaired) electrons. The molecule has 3 nitrogen and oxygen atoms in total. The summed E-state index contributed by atoms with van der Waals surface area (Å²) in [6, 6.07) is 13.6. The Morgan fingerprint density at radius 3 is 2.50 bits per heavy atom. The lowest BCUT2D eigenvalue weighted by molar-refractivity contribution is 0.417. The molecule has 2 aromatic rings. The Morgan fingerprint density at radius 2 is 1.94 bits per heavy atom. The van der Waals surface area contributed by atoms with E-state index in [4.69, 9.17) is 21.9 Å². The molecule has 0 saturated heterocycles. The van der Waals surface area contributed by atoms with Gasteiger partial charge in [0.2, 0.25) is 0 Å². The first kappa shape index (κ1) is 11.2. The van der Waals surface area contributed by atoms with Crippen LogP contribution in [0.1, 0.15) is 17.4 Å². The minimum absolute atomic E-state index is 0.0603. The molecule has 2 rings (SSSR count). The lowest BCUT2D eigenvalue weighted by atomic mass is 10.0. The minimum atomic E-state index is -0.0603. The summed E-state index contributed by atoms with van der Waals surface area (Å²) >= 11 is 5.73. The van der Waals surface area contributed by atoms with Gasteiger partial charge in [0.15, 0.2) is 5.22 Å². The molecule has 0 aliphatic carbocycles. The van der Waals surface area contributed by atoms with Gasteiger partial charge < -0.3 is 4.42 Å². The summed E-state index contributed by atoms with van der Waals surface area (Å²) in [4.78, 5) is 0. The highest BCUT2D eigenvalue weighted by Crippen LogP contribution is 2.22. The van der Waals surface area contributed by atoms with Crippen molar-refractivity contribution in [2.45, 2.75) is 12.5 Å². The second-order valence-corrected chi connectivity index (χ2v) is 3.92. The van der Waals surface area contributed by atoms with E-state index in [1.54, 1.807) is 6.07 Å². The predicted octanol–water partition coefficient (Wildman–Crippen LogP) is 2.68. The van der Waals surface area contributed by atoms with Crippen LogP contribution in [0.5, 0.6) is 0 Å². The van der Waals surface area contributed by atoms with E-state index >= 15 is 0 Å². The van der Waals surface area contributed by atoms with Crippen molar-refractivity contribution in [2.24, 2.45) is 5.84 Å². The standard InChI is InChI=1S/C12H13ClN2O/c13-12-7-6-11(16-12)10(15-14)8-9-4-2-1-3-5-9/h1-7,10,15H,8,14H2. The molecule has 0 spiro atoms. The number of rotatable bonds is 4. The number of nitrogens with two attached hydrogens (primary N) is 1. The van der Waals surface area contributed by atoms with Crippen molar-refractivity contribution in [3.05, 3.63) is 59.0 Å². The van der Waals surface area contributed by atoms with Crippen LogP contribution < -0.4 is 11.3 Å². The van der Waals surface area contributed by atoms with Crippen LogP contribution in [0.4, 0.5) is 0 Å². The van der Waals surface area contributed by atoms with E-state index in [-0.39, 0.29) is 6.04 Å². The first-order valence-electron chi connectivity index (χ1n) is 5.05. The SMILES string of the molecule is NNC(Cc1ccccc1)c1ccc(Cl)o1. The summed E-state index contributed by atoms with van der Waals surface area (Å²) in [5.41, 5.74) is 3.92. The zero-order valence-electron chi connectivity index (χ0n) is 8.69. The Labute approximate surface area is 99.2 Å². The zero-order valence-corrected chi connectivity index (χ0v) is 9.45. The molecule has 0 saturated carbocycles. The molecule has 0 aliphatic heterocycles. The molecule has 0 amide bonds. The van der Waals surface area contributed by atoms with E-state index in [0.29, 0.717) is 5.22 Å². The first-order valence-corrected chi connectivity index (χ1v) is 5.42. The largest absolute Gasteiger partial charge is 0.448 e. The third-order valence-corrected chi connectivity index (χ3v) is 2.62. The van der Waals surface area contributed by atoms with Crippen LogP contribution in [0, 0.1) is 0 Å². The van der Waals surface area contributed by atoms with E-state index in [2.05, 4.69) is 17.6 Å². The van der Waals surface area contributed by atoms with E-state index < -0.39 is 0 Å². The number of hydrogen-bond acceptors (Lipinski definition) is 3. The maximum Gasteiger partial charge on any atom is 0.193 e. The van der Waals surface area contributed by atoms with E-state index in [9.17, 15) is 0 Å². The first-order chi connectivity index (χ1) is 7.79. The molecule has 3 N–H and O–H groups in total. The maximum absolute atomic E-state index is 5.73. The average molecular weight is 237 g/mol. The van der Waals surface area contributed by atoms with Gasteiger partial charge in [-0.15, -0.1) is 0 Å². The van der Waals surface area contributed by atoms with Gasteiger partial charge in [0.25, 0.3) is 0 Å². The quantitative estimate of drug-likeness (QED) is 0.634. The fraction of sp³-hybridized carbons (Fsp3) is 0.167. The summed E-state index contributed by atoms with van der Waals surface area (Å²) in [6.45, 7) is 0. The number of furan rings is 1. The van der Waals surface area contributed by atoms with Crippen molar-refractivity contribution >= 4 is 11.6 Å². The Hall–Kier alpha value is -1.29. The Bertz CT molecular complexity index is 441. The monoisotopic (exact) mass is 236 g/mol. The van der Waals surface area contributed by atoms with E-state index in [1.165, 1.54) is 5.56 Å². The van der Waals surface area contributed by atoms with Crippen molar-refractivity contribution in [1.82, 2.24) is 5.43 Å². The molecule has 16 heavy (non-hydrogen) atoms. The highest BCUT2D eigenvalue weighted by molar-refractivity contribution is 6.28. The molecular weight excluding hydrogens is 224 g/mol. The molecule has 1 heterocycles. The summed E-state index contributed by atoms with van der Waals surface area (Å²) in [5.74, 6) is 6.26. The van der Waals surface area contributed by atoms with Crippen LogP contribution in [0.2, 0.25) is 5.22 Å². The van der Waals surface area contributed by atoms with Gasteiger partial charge in [0.05, 0.1) is 6.04 Å². The number of benzene rings is 1. The number of hydrazine groups is 1. The van der Waals surface area contributed by atoms with Crippen molar-refractivity contribution in [2.75, 3.05) is 0 Å². The molecule has 0 fully saturated rings. The molecule has 4 heteroatoms. The fourth-order valence-electron chi connectivity index (χ4n) is 1.61. The zero-order chi connectivity index (χ0) is 11.4. The Balaban J connectivity index is 2.12. The van der Waals surface area contributed by atoms with Gasteiger partial charge in [-0.05, 0) is 35.7 Å². The Morgan fingerprint density at radius 1 is 1.19 bits per heavy atom. The van der Waals surface area contributed by atoms with Gasteiger partial charge in [-0.3, -0.25) is 5.84 Å². The van der Waals surface area contributed by atoms with Gasteiger partial charge in [-0.2, -0.15) is 0 Å². The Kier molecular flexibility index (Phi) is 3.62. The van der Waals surface area contributed by atoms with Crippen LogP contribution in [0.15, 0.2) is 46.9 Å². The maximum atomic E-state index is 5.73. The summed E-state index contributed by atoms with van der Waals surface area (Å²) in [7, 11) is 0. The molecule has 1 aromatic heterocycles. The van der Waals surface area contributed by atoms with Crippen molar-refractivity contribution < 1.29 is 4.42 Å². The van der Waals surface area contributed by atoms with Gasteiger partial charge in [-0.25, -0.2) is 5.43 Å². The lowest BCUT2D eigenvalue weighted by Gasteiger charge is -2.12. The van der Waals surface area contributed by atoms with Crippen LogP contribution >= 0.6 is 11.6 Å². The van der Waals surface area contributed by atoms with Crippen molar-refractivity contribution in [3.63, 3.8) is 0 Å². The normalized spacial score (nSPS) is 12.6. The molecule has 1 atom stereocenters. The molecule has 0 bridgehead atoms. The number of halogens is 1. The van der Waals surface area contributed by atoms with Crippen molar-refractivity contribution in [1.29, 1.82) is 0 Å². The summed E-state index contributed by atoms with van der Waals surface area (Å²) < 4.78 is 5.33. The predicted molar refractivity (Wildman–Crippen MR) is 63.9 cm³/mol. The van der Waals surface area contributed by atoms with E-state index in [0.717, 1.165) is 12.2 Å². The minimum Gasteiger partial charge on any atom is -0.448 e. The summed E-state index contributed by atoms with van der Waals surface area (Å²) in [6.07, 6.45) is 0.765. The molecular formula is C12H13ClN2O. The highest BCUT2D eigenvalue weighted by Gasteiger charge is 2.14. The topological polar surface area (TPSA) is 51.2 Å². The van der Waals surface area contributed by atoms with Gasteiger partial charge in [0, 0.05) is 0 Å². The third kappa shape index (κ3) is 2.64. The summed E-state index contributed by atoms with van der Waals surface area (Å²) in [5, 5.41) is 0.378. The second-order valence-electron chi connectivity index (χ2n) is 3.55. The number of hydrogen-bond donors (Lipinski definition) is 2. The molecule has 1 aromatic carbocycles. The molecule has 0 aliphatic rings. The average Bonchev–Trinajstić information content (AvgIpc) is 2.74. The van der Waals surface area contributed by atoms with Crippen LogP contribution in [0.25, 0.3) is 0 Å². The van der Waals surface area contributed by atoms with Crippen LogP contribution in [-0.2, 0) is 6.42 Å². The lowest BCUT2D eigenvalue weighted by Crippen LogP contribution is -2.29. The van der Waals surface area contributed by atoms with E-state index in [1.807, 2.05) is 24.3 Å². The molecule has 84 valence electrons. The molecule has 1 unspecified atom stereocenters. The second kappa shape index (κ2) is 5.16. The van der Waals surface area contributed by atoms with Gasteiger partial charge in [0.1, 0.15) is 5.76 Å². The van der Waals surface area contributed by atoms with Crippen LogP contribution in [0.3, 0.4) is 0 Å². The fourth-order valence-corrected chi connectivity index (χ4v) is 1.76. The smallest absolute Gasteiger partial charge is 0.193 e. The van der Waals surface area contributed by atoms with Crippen molar-refractivity contribution in [3.8, 4) is 0 Å². The van der Waals surface area contributed by atoms with Gasteiger partial charge in [-0.1, -0.05) is 30.3 Å². The highest BCUT2D eigenvalue weighted by atomic mass is 35.5. The van der Waals surface area contributed by atoms with Gasteiger partial charge >= 0.3 is 0 Å².